The topological polar surface area (TPSA) is 113 Å². The fourth-order valence-corrected chi connectivity index (χ4v) is 6.14. The summed E-state index contributed by atoms with van der Waals surface area (Å²) in [7, 11) is 4.88. The van der Waals surface area contributed by atoms with E-state index in [-0.39, 0.29) is 23.9 Å². The van der Waals surface area contributed by atoms with E-state index in [1.165, 1.54) is 0 Å². The number of amides is 2. The lowest BCUT2D eigenvalue weighted by Gasteiger charge is -2.30. The third kappa shape index (κ3) is 5.36. The van der Waals surface area contributed by atoms with Gasteiger partial charge in [0.2, 0.25) is 0 Å². The number of methoxy groups -OCH3 is 2. The SMILES string of the molecule is COc1cc2c(cc1OCCCCCOc1cc3c(cc1OC)C(=O)N1C=CC[C@H]1[C@H](O)N3C)N=CC1CC(C)=CN1C2=O. The van der Waals surface area contributed by atoms with Gasteiger partial charge in [0.1, 0.15) is 6.23 Å². The summed E-state index contributed by atoms with van der Waals surface area (Å²) in [5.41, 5.74) is 3.27. The highest BCUT2D eigenvalue weighted by atomic mass is 16.5. The molecular formula is C33H38N4O7. The molecule has 0 fully saturated rings. The highest BCUT2D eigenvalue weighted by molar-refractivity contribution is 6.04. The van der Waals surface area contributed by atoms with Crippen molar-refractivity contribution in [1.82, 2.24) is 9.80 Å². The lowest BCUT2D eigenvalue weighted by Crippen LogP contribution is -2.46. The van der Waals surface area contributed by atoms with Gasteiger partial charge in [-0.3, -0.25) is 14.6 Å². The second-order valence-electron chi connectivity index (χ2n) is 11.5. The number of ether oxygens (including phenoxy) is 4. The molecule has 0 bridgehead atoms. The lowest BCUT2D eigenvalue weighted by atomic mass is 10.1. The molecule has 6 rings (SSSR count). The van der Waals surface area contributed by atoms with E-state index in [0.29, 0.717) is 65.1 Å². The number of hydrogen-bond donors (Lipinski definition) is 1. The molecule has 11 heteroatoms. The Morgan fingerprint density at radius 3 is 2.25 bits per heavy atom. The molecule has 1 unspecified atom stereocenters. The molecule has 0 saturated heterocycles. The smallest absolute Gasteiger partial charge is 0.260 e. The van der Waals surface area contributed by atoms with Crippen LogP contribution in [0.1, 0.15) is 59.7 Å². The summed E-state index contributed by atoms with van der Waals surface area (Å²) < 4.78 is 23.2. The molecule has 0 aliphatic carbocycles. The number of carbonyl (C=O) groups is 2. The second kappa shape index (κ2) is 12.2. The van der Waals surface area contributed by atoms with Crippen LogP contribution in [0.3, 0.4) is 0 Å². The Bertz CT molecular complexity index is 1550. The molecule has 2 aromatic carbocycles. The Morgan fingerprint density at radius 1 is 0.886 bits per heavy atom. The molecule has 2 aromatic rings. The van der Waals surface area contributed by atoms with Crippen LogP contribution >= 0.6 is 0 Å². The van der Waals surface area contributed by atoms with Crippen molar-refractivity contribution < 1.29 is 33.6 Å². The fraction of sp³-hybridized carbons (Fsp3) is 0.424. The summed E-state index contributed by atoms with van der Waals surface area (Å²) in [4.78, 5) is 36.0. The minimum atomic E-state index is -0.846. The van der Waals surface area contributed by atoms with Gasteiger partial charge in [-0.25, -0.2) is 0 Å². The number of unbranched alkanes of at least 4 members (excludes halogenated alkanes) is 2. The minimum Gasteiger partial charge on any atom is -0.493 e. The Morgan fingerprint density at radius 2 is 1.55 bits per heavy atom. The number of anilines is 1. The van der Waals surface area contributed by atoms with Gasteiger partial charge in [-0.2, -0.15) is 0 Å². The normalized spacial score (nSPS) is 21.7. The van der Waals surface area contributed by atoms with Crippen molar-refractivity contribution in [3.63, 3.8) is 0 Å². The largest absolute Gasteiger partial charge is 0.493 e. The summed E-state index contributed by atoms with van der Waals surface area (Å²) in [5.74, 6) is 1.75. The van der Waals surface area contributed by atoms with E-state index < -0.39 is 6.23 Å². The first-order valence-electron chi connectivity index (χ1n) is 14.9. The number of likely N-dealkylation sites (N-methyl/N-ethyl adjacent to an activating group) is 1. The van der Waals surface area contributed by atoms with E-state index in [2.05, 4.69) is 4.99 Å². The number of aliphatic hydroxyl groups is 1. The second-order valence-corrected chi connectivity index (χ2v) is 11.5. The first-order chi connectivity index (χ1) is 21.3. The van der Waals surface area contributed by atoms with Crippen LogP contribution in [0.4, 0.5) is 11.4 Å². The van der Waals surface area contributed by atoms with Crippen molar-refractivity contribution in [3.8, 4) is 23.0 Å². The average Bonchev–Trinajstić information content (AvgIpc) is 3.64. The zero-order valence-electron chi connectivity index (χ0n) is 25.5. The number of benzene rings is 2. The van der Waals surface area contributed by atoms with Gasteiger partial charge in [0, 0.05) is 37.8 Å². The molecule has 4 aliphatic rings. The molecule has 44 heavy (non-hydrogen) atoms. The van der Waals surface area contributed by atoms with Crippen molar-refractivity contribution in [2.75, 3.05) is 39.4 Å². The van der Waals surface area contributed by atoms with Crippen LogP contribution in [0, 0.1) is 0 Å². The van der Waals surface area contributed by atoms with Crippen LogP contribution in [-0.2, 0) is 0 Å². The van der Waals surface area contributed by atoms with Crippen molar-refractivity contribution in [3.05, 3.63) is 59.4 Å². The summed E-state index contributed by atoms with van der Waals surface area (Å²) in [6.07, 6.45) is 10.3. The van der Waals surface area contributed by atoms with Gasteiger partial charge < -0.3 is 38.8 Å². The molecular weight excluding hydrogens is 564 g/mol. The minimum absolute atomic E-state index is 0.0663. The maximum Gasteiger partial charge on any atom is 0.260 e. The predicted molar refractivity (Wildman–Crippen MR) is 165 cm³/mol. The lowest BCUT2D eigenvalue weighted by molar-refractivity contribution is 0.0591. The molecule has 232 valence electrons. The Labute approximate surface area is 256 Å². The number of fused-ring (bicyclic) bond motifs is 4. The number of aliphatic imine (C=N–C) groups is 1. The number of aliphatic hydroxyl groups excluding tert-OH is 1. The van der Waals surface area contributed by atoms with Crippen LogP contribution in [0.15, 0.2) is 53.3 Å². The fourth-order valence-electron chi connectivity index (χ4n) is 6.14. The first-order valence-corrected chi connectivity index (χ1v) is 14.9. The Balaban J connectivity index is 1.04. The van der Waals surface area contributed by atoms with Gasteiger partial charge in [-0.15, -0.1) is 0 Å². The van der Waals surface area contributed by atoms with Gasteiger partial charge in [-0.05, 0) is 51.2 Å². The standard InChI is InChI=1S/C33H38N4O7/c1-20-13-21-18-34-24-16-29(27(41-3)14-22(24)31(38)37(21)19-20)43-11-6-5-7-12-44-30-17-26-23(15-28(30)42-4)32(39)36-10-8-9-25(36)33(40)35(26)2/h8,10,14-19,21,25,33,40H,5-7,9,11-13H2,1-4H3/t21?,25-,33-/m0/s1. The Hall–Kier alpha value is -4.51. The molecule has 4 heterocycles. The molecule has 1 N–H and O–H groups in total. The van der Waals surface area contributed by atoms with Crippen molar-refractivity contribution in [2.24, 2.45) is 4.99 Å². The summed E-state index contributed by atoms with van der Waals surface area (Å²) in [6, 6.07) is 6.53. The maximum absolute atomic E-state index is 13.2. The van der Waals surface area contributed by atoms with Crippen LogP contribution in [-0.4, -0.2) is 85.7 Å². The van der Waals surface area contributed by atoms with Gasteiger partial charge in [0.05, 0.1) is 62.0 Å². The van der Waals surface area contributed by atoms with E-state index in [4.69, 9.17) is 18.9 Å². The van der Waals surface area contributed by atoms with Gasteiger partial charge in [0.25, 0.3) is 11.8 Å². The van der Waals surface area contributed by atoms with Crippen LogP contribution in [0.2, 0.25) is 0 Å². The monoisotopic (exact) mass is 602 g/mol. The van der Waals surface area contributed by atoms with E-state index in [9.17, 15) is 14.7 Å². The van der Waals surface area contributed by atoms with Crippen molar-refractivity contribution in [1.29, 1.82) is 0 Å². The van der Waals surface area contributed by atoms with E-state index in [1.807, 2.05) is 25.4 Å². The highest BCUT2D eigenvalue weighted by Crippen LogP contribution is 2.41. The van der Waals surface area contributed by atoms with E-state index in [1.54, 1.807) is 66.4 Å². The Kier molecular flexibility index (Phi) is 8.22. The molecule has 0 aromatic heterocycles. The first kappa shape index (κ1) is 29.6. The van der Waals surface area contributed by atoms with Crippen molar-refractivity contribution in [2.45, 2.75) is 57.3 Å². The van der Waals surface area contributed by atoms with Gasteiger partial charge >= 0.3 is 0 Å². The zero-order chi connectivity index (χ0) is 31.0. The summed E-state index contributed by atoms with van der Waals surface area (Å²) in [5, 5.41) is 10.9. The maximum atomic E-state index is 13.2. The van der Waals surface area contributed by atoms with E-state index >= 15 is 0 Å². The molecule has 0 spiro atoms. The quantitative estimate of drug-likeness (QED) is 0.391. The zero-order valence-corrected chi connectivity index (χ0v) is 25.5. The summed E-state index contributed by atoms with van der Waals surface area (Å²) in [6.45, 7) is 2.92. The van der Waals surface area contributed by atoms with E-state index in [0.717, 1.165) is 31.3 Å². The molecule has 11 nitrogen and oxygen atoms in total. The molecule has 4 aliphatic heterocycles. The molecule has 0 saturated carbocycles. The van der Waals surface area contributed by atoms with Crippen LogP contribution in [0.5, 0.6) is 23.0 Å². The number of nitrogens with zero attached hydrogens (tertiary/aromatic N) is 4. The summed E-state index contributed by atoms with van der Waals surface area (Å²) >= 11 is 0. The number of hydrogen-bond acceptors (Lipinski definition) is 9. The third-order valence-corrected chi connectivity index (χ3v) is 8.55. The number of rotatable bonds is 10. The third-order valence-electron chi connectivity index (χ3n) is 8.55. The highest BCUT2D eigenvalue weighted by Gasteiger charge is 2.39. The average molecular weight is 603 g/mol. The molecule has 2 amide bonds. The molecule has 3 atom stereocenters. The van der Waals surface area contributed by atoms with Crippen LogP contribution < -0.4 is 23.8 Å². The van der Waals surface area contributed by atoms with Gasteiger partial charge in [-0.1, -0.05) is 11.6 Å². The number of carbonyl (C=O) groups excluding carboxylic acids is 2. The predicted octanol–water partition coefficient (Wildman–Crippen LogP) is 4.66. The van der Waals surface area contributed by atoms with Gasteiger partial charge in [0.15, 0.2) is 23.0 Å². The van der Waals surface area contributed by atoms with Crippen molar-refractivity contribution >= 4 is 29.4 Å². The van der Waals surface area contributed by atoms with Crippen LogP contribution in [0.25, 0.3) is 0 Å². The molecule has 0 radical (unpaired) electrons.